The normalized spacial score (nSPS) is 48.3. The first-order valence-electron chi connectivity index (χ1n) is 3.56. The number of aliphatic hydroxyl groups excluding tert-OH is 1. The number of ether oxygens (including phenoxy) is 1. The molecule has 2 heteroatoms. The van der Waals surface area contributed by atoms with Gasteiger partial charge in [0.1, 0.15) is 0 Å². The van der Waals surface area contributed by atoms with E-state index in [1.807, 2.05) is 0 Å². The predicted molar refractivity (Wildman–Crippen MR) is 33.1 cm³/mol. The highest BCUT2D eigenvalue weighted by molar-refractivity contribution is 5.03. The molecule has 52 valence electrons. The monoisotopic (exact) mass is 128 g/mol. The van der Waals surface area contributed by atoms with Gasteiger partial charge in [0.25, 0.3) is 0 Å². The second kappa shape index (κ2) is 1.70. The molecule has 2 fully saturated rings. The molecule has 0 aromatic rings. The lowest BCUT2D eigenvalue weighted by Gasteiger charge is -2.01. The Morgan fingerprint density at radius 3 is 3.00 bits per heavy atom. The van der Waals surface area contributed by atoms with Crippen LogP contribution in [0.5, 0.6) is 0 Å². The lowest BCUT2D eigenvalue weighted by atomic mass is 10.0. The van der Waals surface area contributed by atoms with Crippen LogP contribution in [0.1, 0.15) is 12.8 Å². The molecule has 0 amide bonds. The van der Waals surface area contributed by atoms with Gasteiger partial charge in [0.05, 0.1) is 6.61 Å². The van der Waals surface area contributed by atoms with Gasteiger partial charge in [-0.15, -0.1) is 0 Å². The van der Waals surface area contributed by atoms with Crippen LogP contribution in [0.25, 0.3) is 0 Å². The molecule has 0 radical (unpaired) electrons. The third kappa shape index (κ3) is 0.700. The molecule has 9 heavy (non-hydrogen) atoms. The van der Waals surface area contributed by atoms with Gasteiger partial charge >= 0.3 is 0 Å². The van der Waals surface area contributed by atoms with Gasteiger partial charge < -0.3 is 9.84 Å². The molecule has 2 nitrogen and oxygen atoms in total. The van der Waals surface area contributed by atoms with E-state index in [9.17, 15) is 0 Å². The van der Waals surface area contributed by atoms with E-state index >= 15 is 0 Å². The largest absolute Gasteiger partial charge is 0.396 e. The molecule has 0 bridgehead atoms. The minimum absolute atomic E-state index is 0.364. The van der Waals surface area contributed by atoms with Gasteiger partial charge in [0.2, 0.25) is 0 Å². The lowest BCUT2D eigenvalue weighted by Crippen LogP contribution is -2.04. The Hall–Kier alpha value is -0.0800. The van der Waals surface area contributed by atoms with Crippen LogP contribution < -0.4 is 0 Å². The van der Waals surface area contributed by atoms with E-state index in [0.717, 1.165) is 13.2 Å². The summed E-state index contributed by atoms with van der Waals surface area (Å²) >= 11 is 0. The van der Waals surface area contributed by atoms with Crippen LogP contribution in [-0.4, -0.2) is 24.9 Å². The number of hydrogen-bond acceptors (Lipinski definition) is 2. The highest BCUT2D eigenvalue weighted by atomic mass is 16.5. The molecular weight excluding hydrogens is 116 g/mol. The first kappa shape index (κ1) is 5.69. The molecule has 0 aromatic carbocycles. The van der Waals surface area contributed by atoms with Crippen molar-refractivity contribution in [3.63, 3.8) is 0 Å². The molecule has 1 saturated heterocycles. The third-order valence-electron chi connectivity index (χ3n) is 2.71. The Balaban J connectivity index is 1.97. The Morgan fingerprint density at radius 2 is 2.56 bits per heavy atom. The zero-order chi connectivity index (χ0) is 6.32. The molecule has 2 atom stereocenters. The van der Waals surface area contributed by atoms with Gasteiger partial charge in [0, 0.05) is 18.6 Å². The van der Waals surface area contributed by atoms with Crippen molar-refractivity contribution < 1.29 is 9.84 Å². The maximum Gasteiger partial charge on any atom is 0.0526 e. The topological polar surface area (TPSA) is 29.5 Å². The average molecular weight is 128 g/mol. The van der Waals surface area contributed by atoms with E-state index in [-0.39, 0.29) is 0 Å². The van der Waals surface area contributed by atoms with Gasteiger partial charge in [-0.25, -0.2) is 0 Å². The summed E-state index contributed by atoms with van der Waals surface area (Å²) in [5.41, 5.74) is 0.439. The molecule has 1 aliphatic carbocycles. The van der Waals surface area contributed by atoms with Gasteiger partial charge in [-0.2, -0.15) is 0 Å². The maximum absolute atomic E-state index is 8.78. The van der Waals surface area contributed by atoms with Crippen molar-refractivity contribution in [1.82, 2.24) is 0 Å². The Labute approximate surface area is 54.8 Å². The second-order valence-electron chi connectivity index (χ2n) is 3.25. The smallest absolute Gasteiger partial charge is 0.0526 e. The standard InChI is InChI=1S/C7H12O2/c8-4-6-3-7(6)1-2-9-5-7/h6,8H,1-5H2. The van der Waals surface area contributed by atoms with Crippen molar-refractivity contribution in [3.8, 4) is 0 Å². The van der Waals surface area contributed by atoms with Gasteiger partial charge in [-0.3, -0.25) is 0 Å². The van der Waals surface area contributed by atoms with Gasteiger partial charge in [-0.05, 0) is 18.8 Å². The van der Waals surface area contributed by atoms with Crippen LogP contribution in [0.15, 0.2) is 0 Å². The predicted octanol–water partition coefficient (Wildman–Crippen LogP) is 0.405. The summed E-state index contributed by atoms with van der Waals surface area (Å²) in [5.74, 6) is 0.569. The summed E-state index contributed by atoms with van der Waals surface area (Å²) in [7, 11) is 0. The quantitative estimate of drug-likeness (QED) is 0.554. The van der Waals surface area contributed by atoms with Crippen molar-refractivity contribution in [2.75, 3.05) is 19.8 Å². The maximum atomic E-state index is 8.78. The highest BCUT2D eigenvalue weighted by Gasteiger charge is 2.55. The summed E-state index contributed by atoms with van der Waals surface area (Å²) in [6.45, 7) is 2.18. The van der Waals surface area contributed by atoms with Crippen molar-refractivity contribution in [3.05, 3.63) is 0 Å². The van der Waals surface area contributed by atoms with Crippen LogP contribution >= 0.6 is 0 Å². The third-order valence-corrected chi connectivity index (χ3v) is 2.71. The highest BCUT2D eigenvalue weighted by Crippen LogP contribution is 2.57. The summed E-state index contributed by atoms with van der Waals surface area (Å²) < 4.78 is 5.24. The van der Waals surface area contributed by atoms with E-state index in [0.29, 0.717) is 17.9 Å². The molecule has 1 N–H and O–H groups in total. The van der Waals surface area contributed by atoms with Crippen LogP contribution in [0, 0.1) is 11.3 Å². The molecule has 0 aromatic heterocycles. The van der Waals surface area contributed by atoms with Gasteiger partial charge in [0.15, 0.2) is 0 Å². The minimum atomic E-state index is 0.364. The first-order valence-corrected chi connectivity index (χ1v) is 3.56. The van der Waals surface area contributed by atoms with Crippen LogP contribution in [-0.2, 0) is 4.74 Å². The fourth-order valence-electron chi connectivity index (χ4n) is 1.80. The first-order chi connectivity index (χ1) is 4.37. The number of aliphatic hydroxyl groups is 1. The zero-order valence-electron chi connectivity index (χ0n) is 5.47. The molecule has 2 rings (SSSR count). The van der Waals surface area contributed by atoms with E-state index in [1.165, 1.54) is 12.8 Å². The van der Waals surface area contributed by atoms with E-state index in [4.69, 9.17) is 9.84 Å². The fourth-order valence-corrected chi connectivity index (χ4v) is 1.80. The number of rotatable bonds is 1. The Kier molecular flexibility index (Phi) is 1.08. The van der Waals surface area contributed by atoms with Crippen molar-refractivity contribution >= 4 is 0 Å². The summed E-state index contributed by atoms with van der Waals surface area (Å²) in [6, 6.07) is 0. The van der Waals surface area contributed by atoms with E-state index in [1.54, 1.807) is 0 Å². The van der Waals surface area contributed by atoms with E-state index < -0.39 is 0 Å². The molecule has 1 aliphatic heterocycles. The average Bonchev–Trinajstić information content (AvgIpc) is 2.30. The number of hydrogen-bond donors (Lipinski definition) is 1. The Morgan fingerprint density at radius 1 is 1.67 bits per heavy atom. The summed E-state index contributed by atoms with van der Waals surface area (Å²) in [6.07, 6.45) is 2.38. The molecular formula is C7H12O2. The van der Waals surface area contributed by atoms with Crippen molar-refractivity contribution in [1.29, 1.82) is 0 Å². The fraction of sp³-hybridized carbons (Fsp3) is 1.00. The molecule has 1 heterocycles. The van der Waals surface area contributed by atoms with Crippen molar-refractivity contribution in [2.45, 2.75) is 12.8 Å². The second-order valence-corrected chi connectivity index (χ2v) is 3.25. The van der Waals surface area contributed by atoms with Crippen LogP contribution in [0.2, 0.25) is 0 Å². The SMILES string of the molecule is OCC1CC12CCOC2. The Bertz CT molecular complexity index is 116. The molecule has 1 spiro atoms. The van der Waals surface area contributed by atoms with Gasteiger partial charge in [-0.1, -0.05) is 0 Å². The molecule has 1 saturated carbocycles. The van der Waals surface area contributed by atoms with E-state index in [2.05, 4.69) is 0 Å². The lowest BCUT2D eigenvalue weighted by molar-refractivity contribution is 0.171. The molecule has 2 aliphatic rings. The molecule has 2 unspecified atom stereocenters. The van der Waals surface area contributed by atoms with Crippen molar-refractivity contribution in [2.24, 2.45) is 11.3 Å². The summed E-state index contributed by atoms with van der Waals surface area (Å²) in [5, 5.41) is 8.78. The van der Waals surface area contributed by atoms with Crippen LogP contribution in [0.4, 0.5) is 0 Å². The minimum Gasteiger partial charge on any atom is -0.396 e. The zero-order valence-corrected chi connectivity index (χ0v) is 5.47. The summed E-state index contributed by atoms with van der Waals surface area (Å²) in [4.78, 5) is 0. The van der Waals surface area contributed by atoms with Crippen LogP contribution in [0.3, 0.4) is 0 Å².